The lowest BCUT2D eigenvalue weighted by Gasteiger charge is -2.31. The Morgan fingerprint density at radius 3 is 2.59 bits per heavy atom. The number of rotatable bonds is 5. The van der Waals surface area contributed by atoms with Crippen molar-refractivity contribution in [3.05, 3.63) is 64.2 Å². The molecule has 0 atom stereocenters. The van der Waals surface area contributed by atoms with Crippen LogP contribution >= 0.6 is 0 Å². The third kappa shape index (κ3) is 4.18. The number of nitrogens with one attached hydrogen (secondary N) is 2. The summed E-state index contributed by atoms with van der Waals surface area (Å²) >= 11 is 0. The predicted octanol–water partition coefficient (Wildman–Crippen LogP) is 3.16. The van der Waals surface area contributed by atoms with Crippen molar-refractivity contribution in [2.45, 2.75) is 20.4 Å². The van der Waals surface area contributed by atoms with E-state index in [1.807, 2.05) is 26.0 Å². The third-order valence-electron chi connectivity index (χ3n) is 5.56. The number of nitrogens with zero attached hydrogens (tertiary/aromatic N) is 2. The zero-order chi connectivity index (χ0) is 22.8. The minimum atomic E-state index is -0.771. The Morgan fingerprint density at radius 1 is 1.19 bits per heavy atom. The highest BCUT2D eigenvalue weighted by atomic mass is 19.1. The summed E-state index contributed by atoms with van der Waals surface area (Å²) in [6, 6.07) is 11.0. The fraction of sp³-hybridized carbons (Fsp3) is 0.333. The number of piperazine rings is 1. The lowest BCUT2D eigenvalue weighted by Crippen LogP contribution is -2.43. The number of benzene rings is 2. The van der Waals surface area contributed by atoms with Gasteiger partial charge >= 0.3 is 0 Å². The molecule has 0 unspecified atom stereocenters. The molecule has 3 N–H and O–H groups in total. The van der Waals surface area contributed by atoms with E-state index in [1.54, 1.807) is 10.6 Å². The molecule has 0 radical (unpaired) electrons. The first kappa shape index (κ1) is 21.8. The van der Waals surface area contributed by atoms with Gasteiger partial charge in [0.25, 0.3) is 11.5 Å². The van der Waals surface area contributed by atoms with Crippen LogP contribution in [0.3, 0.4) is 0 Å². The summed E-state index contributed by atoms with van der Waals surface area (Å²) < 4.78 is 15.1. The van der Waals surface area contributed by atoms with Gasteiger partial charge in [-0.15, -0.1) is 0 Å². The molecular formula is C24H27FN4O3. The second kappa shape index (κ2) is 9.00. The van der Waals surface area contributed by atoms with Gasteiger partial charge in [-0.3, -0.25) is 9.59 Å². The van der Waals surface area contributed by atoms with Crippen LogP contribution in [0, 0.1) is 11.7 Å². The second-order valence-electron chi connectivity index (χ2n) is 8.41. The number of fused-ring (bicyclic) bond motifs is 1. The summed E-state index contributed by atoms with van der Waals surface area (Å²) in [5, 5.41) is 17.5. The first-order valence-electron chi connectivity index (χ1n) is 10.8. The molecular weight excluding hydrogens is 411 g/mol. The van der Waals surface area contributed by atoms with Gasteiger partial charge in [0.2, 0.25) is 0 Å². The largest absolute Gasteiger partial charge is 0.506 e. The van der Waals surface area contributed by atoms with Gasteiger partial charge in [0, 0.05) is 44.1 Å². The summed E-state index contributed by atoms with van der Waals surface area (Å²) in [6.07, 6.45) is 0. The Labute approximate surface area is 185 Å². The lowest BCUT2D eigenvalue weighted by molar-refractivity contribution is 0.102. The summed E-state index contributed by atoms with van der Waals surface area (Å²) in [4.78, 5) is 28.6. The molecule has 1 aliphatic heterocycles. The van der Waals surface area contributed by atoms with Crippen molar-refractivity contribution in [1.29, 1.82) is 0 Å². The number of pyridine rings is 1. The zero-order valence-electron chi connectivity index (χ0n) is 18.2. The van der Waals surface area contributed by atoms with Crippen molar-refractivity contribution in [1.82, 2.24) is 9.88 Å². The van der Waals surface area contributed by atoms with E-state index in [0.717, 1.165) is 37.9 Å². The highest BCUT2D eigenvalue weighted by Crippen LogP contribution is 2.36. The first-order valence-corrected chi connectivity index (χ1v) is 10.8. The van der Waals surface area contributed by atoms with Crippen LogP contribution in [0.25, 0.3) is 10.9 Å². The van der Waals surface area contributed by atoms with Crippen molar-refractivity contribution in [3.8, 4) is 5.75 Å². The highest BCUT2D eigenvalue weighted by molar-refractivity contribution is 6.11. The number of carbonyl (C=O) groups excluding carboxylic acids is 1. The normalized spacial score (nSPS) is 14.2. The molecule has 32 heavy (non-hydrogen) atoms. The van der Waals surface area contributed by atoms with Gasteiger partial charge in [-0.25, -0.2) is 4.39 Å². The zero-order valence-corrected chi connectivity index (χ0v) is 18.2. The Bertz CT molecular complexity index is 1220. The van der Waals surface area contributed by atoms with Gasteiger partial charge in [-0.05, 0) is 36.2 Å². The fourth-order valence-corrected chi connectivity index (χ4v) is 4.15. The van der Waals surface area contributed by atoms with Crippen LogP contribution in [0.15, 0.2) is 47.3 Å². The van der Waals surface area contributed by atoms with Crippen LogP contribution in [0.5, 0.6) is 5.75 Å². The number of anilines is 2. The Balaban J connectivity index is 1.91. The number of halogens is 1. The molecule has 1 aromatic heterocycles. The first-order chi connectivity index (χ1) is 15.4. The monoisotopic (exact) mass is 438 g/mol. The van der Waals surface area contributed by atoms with E-state index >= 15 is 0 Å². The lowest BCUT2D eigenvalue weighted by atomic mass is 10.0. The van der Waals surface area contributed by atoms with Gasteiger partial charge in [-0.1, -0.05) is 26.0 Å². The van der Waals surface area contributed by atoms with Crippen molar-refractivity contribution in [3.63, 3.8) is 0 Å². The minimum Gasteiger partial charge on any atom is -0.506 e. The van der Waals surface area contributed by atoms with Crippen molar-refractivity contribution in [2.75, 3.05) is 36.4 Å². The smallest absolute Gasteiger partial charge is 0.267 e. The van der Waals surface area contributed by atoms with E-state index in [4.69, 9.17) is 0 Å². The van der Waals surface area contributed by atoms with E-state index in [0.29, 0.717) is 17.4 Å². The quantitative estimate of drug-likeness (QED) is 0.570. The maximum atomic E-state index is 13.6. The van der Waals surface area contributed by atoms with E-state index in [-0.39, 0.29) is 22.9 Å². The molecule has 0 spiro atoms. The molecule has 4 rings (SSSR count). The van der Waals surface area contributed by atoms with Gasteiger partial charge in [0.05, 0.1) is 10.9 Å². The molecule has 168 valence electrons. The minimum absolute atomic E-state index is 0.141. The van der Waals surface area contributed by atoms with Crippen LogP contribution in [-0.2, 0) is 6.54 Å². The van der Waals surface area contributed by atoms with E-state index in [1.165, 1.54) is 18.2 Å². The van der Waals surface area contributed by atoms with E-state index in [2.05, 4.69) is 15.5 Å². The van der Waals surface area contributed by atoms with Crippen molar-refractivity contribution in [2.24, 2.45) is 5.92 Å². The molecule has 1 aliphatic rings. The maximum Gasteiger partial charge on any atom is 0.267 e. The number of amides is 1. The van der Waals surface area contributed by atoms with Crippen LogP contribution in [0.2, 0.25) is 0 Å². The molecule has 0 aliphatic carbocycles. The van der Waals surface area contributed by atoms with Crippen LogP contribution in [0.1, 0.15) is 24.2 Å². The molecule has 0 saturated carbocycles. The number of hydrogen-bond acceptors (Lipinski definition) is 5. The average molecular weight is 439 g/mol. The van der Waals surface area contributed by atoms with Crippen molar-refractivity contribution >= 4 is 28.2 Å². The van der Waals surface area contributed by atoms with Gasteiger partial charge in [-0.2, -0.15) is 0 Å². The number of aromatic nitrogens is 1. The molecule has 8 heteroatoms. The molecule has 7 nitrogen and oxygen atoms in total. The van der Waals surface area contributed by atoms with Crippen LogP contribution < -0.4 is 21.1 Å². The van der Waals surface area contributed by atoms with E-state index in [9.17, 15) is 19.1 Å². The fourth-order valence-electron chi connectivity index (χ4n) is 4.15. The summed E-state index contributed by atoms with van der Waals surface area (Å²) in [7, 11) is 0. The second-order valence-corrected chi connectivity index (χ2v) is 8.41. The van der Waals surface area contributed by atoms with Gasteiger partial charge in [0.1, 0.15) is 17.1 Å². The van der Waals surface area contributed by atoms with Gasteiger partial charge in [0.15, 0.2) is 0 Å². The predicted molar refractivity (Wildman–Crippen MR) is 124 cm³/mol. The van der Waals surface area contributed by atoms with Crippen LogP contribution in [-0.4, -0.2) is 41.8 Å². The molecule has 1 saturated heterocycles. The van der Waals surface area contributed by atoms with Crippen molar-refractivity contribution < 1.29 is 14.3 Å². The molecule has 1 amide bonds. The summed E-state index contributed by atoms with van der Waals surface area (Å²) in [5.41, 5.74) is 0.651. The van der Waals surface area contributed by atoms with E-state index < -0.39 is 17.3 Å². The standard InChI is InChI=1S/C24H27FN4O3/c1-15(2)14-29-19-8-4-7-18(28-11-9-26-10-12-28)20(19)22(30)21(24(29)32)23(31)27-17-6-3-5-16(25)13-17/h3-8,13,15,26,30H,9-12,14H2,1-2H3,(H,27,31). The molecule has 2 heterocycles. The maximum absolute atomic E-state index is 13.6. The SMILES string of the molecule is CC(C)Cn1c(=O)c(C(=O)Nc2cccc(F)c2)c(O)c2c(N3CCNCC3)cccc21. The molecule has 2 aromatic carbocycles. The molecule has 1 fully saturated rings. The van der Waals surface area contributed by atoms with Crippen LogP contribution in [0.4, 0.5) is 15.8 Å². The Morgan fingerprint density at radius 2 is 1.91 bits per heavy atom. The molecule has 3 aromatic rings. The highest BCUT2D eigenvalue weighted by Gasteiger charge is 2.26. The Hall–Kier alpha value is -3.39. The third-order valence-corrected chi connectivity index (χ3v) is 5.56. The van der Waals surface area contributed by atoms with Gasteiger partial charge < -0.3 is 25.2 Å². The summed E-state index contributed by atoms with van der Waals surface area (Å²) in [5.74, 6) is -1.49. The number of carbonyl (C=O) groups is 1. The number of aromatic hydroxyl groups is 1. The average Bonchev–Trinajstić information content (AvgIpc) is 2.76. The Kier molecular flexibility index (Phi) is 6.14. The number of hydrogen-bond donors (Lipinski definition) is 3. The summed E-state index contributed by atoms with van der Waals surface area (Å²) in [6.45, 7) is 7.45. The topological polar surface area (TPSA) is 86.6 Å². The molecule has 0 bridgehead atoms.